The Bertz CT molecular complexity index is 1900. The number of fused-ring (bicyclic) bond motifs is 1. The fraction of sp³-hybridized carbons (Fsp3) is 0.148. The smallest absolute Gasteiger partial charge is 0.252 e. The van der Waals surface area contributed by atoms with Crippen molar-refractivity contribution < 1.29 is 4.42 Å². The summed E-state index contributed by atoms with van der Waals surface area (Å²) in [6.45, 7) is 0.419. The lowest BCUT2D eigenvalue weighted by molar-refractivity contribution is 0.503. The number of hydrogen-bond donors (Lipinski definition) is 2. The highest BCUT2D eigenvalue weighted by atomic mass is 35.5. The lowest BCUT2D eigenvalue weighted by atomic mass is 10.0. The number of aryl methyl sites for hydroxylation is 1. The van der Waals surface area contributed by atoms with Crippen LogP contribution in [-0.4, -0.2) is 44.7 Å². The summed E-state index contributed by atoms with van der Waals surface area (Å²) in [6, 6.07) is 12.4. The molecule has 0 radical (unpaired) electrons. The molecule has 1 aliphatic heterocycles. The summed E-state index contributed by atoms with van der Waals surface area (Å²) in [7, 11) is 0. The number of anilines is 1. The van der Waals surface area contributed by atoms with Gasteiger partial charge in [-0.25, -0.2) is 15.0 Å². The van der Waals surface area contributed by atoms with E-state index in [2.05, 4.69) is 40.8 Å². The van der Waals surface area contributed by atoms with Gasteiger partial charge in [-0.3, -0.25) is 4.79 Å². The molecule has 12 nitrogen and oxygen atoms in total. The Morgan fingerprint density at radius 2 is 2.02 bits per heavy atom. The minimum Gasteiger partial charge on any atom is -0.447 e. The second kappa shape index (κ2) is 10.3. The number of imidazole rings is 1. The van der Waals surface area contributed by atoms with Crippen molar-refractivity contribution >= 4 is 29.0 Å². The Balaban J connectivity index is 1.17. The van der Waals surface area contributed by atoms with Gasteiger partial charge in [0.2, 0.25) is 5.89 Å². The van der Waals surface area contributed by atoms with E-state index in [1.807, 2.05) is 24.3 Å². The van der Waals surface area contributed by atoms with E-state index in [1.54, 1.807) is 39.8 Å². The van der Waals surface area contributed by atoms with E-state index in [0.717, 1.165) is 22.4 Å². The number of pyridine rings is 2. The molecule has 204 valence electrons. The molecule has 6 aromatic rings. The molecule has 1 aliphatic rings. The molecule has 6 heterocycles. The molecule has 1 atom stereocenters. The highest BCUT2D eigenvalue weighted by Gasteiger charge is 2.29. The maximum atomic E-state index is 13.5. The number of rotatable bonds is 7. The number of oxazole rings is 1. The monoisotopic (exact) mass is 586 g/mol. The highest BCUT2D eigenvalue weighted by molar-refractivity contribution is 6.32. The number of hydrogen-bond acceptors (Lipinski definition) is 9. The zero-order valence-corrected chi connectivity index (χ0v) is 22.7. The van der Waals surface area contributed by atoms with Crippen molar-refractivity contribution in [2.45, 2.75) is 25.4 Å². The van der Waals surface area contributed by atoms with Crippen LogP contribution in [0.5, 0.6) is 0 Å². The summed E-state index contributed by atoms with van der Waals surface area (Å²) < 4.78 is 8.54. The Labute approximate surface area is 242 Å². The van der Waals surface area contributed by atoms with Crippen molar-refractivity contribution in [2.75, 3.05) is 5.32 Å². The third-order valence-electron chi connectivity index (χ3n) is 6.95. The van der Waals surface area contributed by atoms with E-state index >= 15 is 0 Å². The topological polar surface area (TPSA) is 145 Å². The highest BCUT2D eigenvalue weighted by Crippen LogP contribution is 2.36. The number of aromatic nitrogens is 9. The van der Waals surface area contributed by atoms with Crippen molar-refractivity contribution in [1.82, 2.24) is 44.7 Å². The van der Waals surface area contributed by atoms with Crippen molar-refractivity contribution in [3.05, 3.63) is 105 Å². The van der Waals surface area contributed by atoms with Crippen LogP contribution in [0.4, 0.5) is 5.82 Å². The predicted octanol–water partition coefficient (Wildman–Crippen LogP) is 4.72. The van der Waals surface area contributed by atoms with E-state index < -0.39 is 0 Å². The summed E-state index contributed by atoms with van der Waals surface area (Å²) in [5.74, 6) is 1.84. The number of halogens is 2. The Hall–Kier alpha value is -4.81. The summed E-state index contributed by atoms with van der Waals surface area (Å²) in [6.07, 6.45) is 7.70. The molecule has 14 heteroatoms. The van der Waals surface area contributed by atoms with E-state index in [4.69, 9.17) is 27.6 Å². The van der Waals surface area contributed by atoms with Gasteiger partial charge in [0, 0.05) is 34.1 Å². The number of nitrogens with zero attached hydrogens (tertiary/aromatic N) is 8. The maximum absolute atomic E-state index is 13.5. The molecule has 1 aromatic carbocycles. The Morgan fingerprint density at radius 3 is 2.80 bits per heavy atom. The van der Waals surface area contributed by atoms with E-state index in [1.165, 1.54) is 12.6 Å². The zero-order valence-electron chi connectivity index (χ0n) is 21.2. The number of benzene rings is 1. The van der Waals surface area contributed by atoms with Gasteiger partial charge < -0.3 is 19.3 Å². The quantitative estimate of drug-likeness (QED) is 0.271. The molecule has 0 bridgehead atoms. The van der Waals surface area contributed by atoms with Crippen molar-refractivity contribution in [1.29, 1.82) is 0 Å². The number of nitrogens with one attached hydrogen (secondary N) is 2. The third kappa shape index (κ3) is 4.77. The van der Waals surface area contributed by atoms with Crippen molar-refractivity contribution in [2.24, 2.45) is 0 Å². The van der Waals surface area contributed by atoms with E-state index in [-0.39, 0.29) is 11.6 Å². The second-order valence-electron chi connectivity index (χ2n) is 9.41. The van der Waals surface area contributed by atoms with Gasteiger partial charge >= 0.3 is 0 Å². The minimum atomic E-state index is -0.286. The molecule has 5 aromatic heterocycles. The van der Waals surface area contributed by atoms with Crippen LogP contribution < -0.4 is 10.9 Å². The van der Waals surface area contributed by atoms with Gasteiger partial charge in [0.1, 0.15) is 24.2 Å². The number of aromatic amines is 1. The van der Waals surface area contributed by atoms with Gasteiger partial charge in [-0.1, -0.05) is 23.2 Å². The standard InChI is InChI=1S/C27H20Cl2N10O2/c28-17-2-4-20(38-14-33-36-37-38)19(11-17)16-9-18-3-5-21(39(18)24(40)10-16)27-34-25(26(29)35-27)15-1-6-22(31-12-15)32-13-23-30-7-8-41-23/h1-2,4,6-12,14,21H,3,5,13H2,(H,31,32)(H,34,35)/t21-/m0/s1. The SMILES string of the molecule is O=c1cc(-c2cc(Cl)ccc2-n2cnnn2)cc2n1[C@H](c1nc(Cl)c(-c3ccc(NCc4ncco4)nc3)[nH]1)CC2. The molecular formula is C27H20Cl2N10O2. The van der Waals surface area contributed by atoms with Crippen LogP contribution >= 0.6 is 23.2 Å². The average Bonchev–Trinajstić information content (AvgIpc) is 3.80. The first-order valence-electron chi connectivity index (χ1n) is 12.7. The number of tetrazole rings is 1. The molecule has 0 saturated carbocycles. The van der Waals surface area contributed by atoms with Crippen LogP contribution in [0.3, 0.4) is 0 Å². The first kappa shape index (κ1) is 25.2. The number of H-pyrrole nitrogens is 1. The average molecular weight is 587 g/mol. The van der Waals surface area contributed by atoms with Crippen LogP contribution in [-0.2, 0) is 13.0 Å². The van der Waals surface area contributed by atoms with Crippen LogP contribution in [0.15, 0.2) is 76.7 Å². The normalized spacial score (nSPS) is 14.3. The van der Waals surface area contributed by atoms with Crippen LogP contribution in [0.25, 0.3) is 28.1 Å². The molecule has 0 saturated heterocycles. The fourth-order valence-corrected chi connectivity index (χ4v) is 5.51. The van der Waals surface area contributed by atoms with Gasteiger partial charge in [-0.15, -0.1) is 5.10 Å². The van der Waals surface area contributed by atoms with Gasteiger partial charge in [0.05, 0.1) is 30.2 Å². The first-order chi connectivity index (χ1) is 20.0. The zero-order chi connectivity index (χ0) is 27.9. The van der Waals surface area contributed by atoms with Gasteiger partial charge in [-0.05, 0) is 65.2 Å². The Kier molecular flexibility index (Phi) is 6.33. The molecule has 0 unspecified atom stereocenters. The summed E-state index contributed by atoms with van der Waals surface area (Å²) in [4.78, 5) is 30.0. The summed E-state index contributed by atoms with van der Waals surface area (Å²) in [5, 5.41) is 15.5. The molecule has 0 aliphatic carbocycles. The maximum Gasteiger partial charge on any atom is 0.252 e. The minimum absolute atomic E-state index is 0.153. The molecule has 41 heavy (non-hydrogen) atoms. The largest absolute Gasteiger partial charge is 0.447 e. The lowest BCUT2D eigenvalue weighted by Crippen LogP contribution is -2.24. The van der Waals surface area contributed by atoms with E-state index in [9.17, 15) is 4.79 Å². The van der Waals surface area contributed by atoms with Gasteiger partial charge in [0.15, 0.2) is 5.15 Å². The second-order valence-corrected chi connectivity index (χ2v) is 10.2. The van der Waals surface area contributed by atoms with Crippen molar-refractivity contribution in [3.8, 4) is 28.1 Å². The summed E-state index contributed by atoms with van der Waals surface area (Å²) in [5.41, 5.74) is 4.34. The molecule has 2 N–H and O–H groups in total. The fourth-order valence-electron chi connectivity index (χ4n) is 5.09. The Morgan fingerprint density at radius 1 is 1.10 bits per heavy atom. The third-order valence-corrected chi connectivity index (χ3v) is 7.46. The molecule has 0 fully saturated rings. The van der Waals surface area contributed by atoms with Crippen molar-refractivity contribution in [3.63, 3.8) is 0 Å². The molecular weight excluding hydrogens is 567 g/mol. The first-order valence-corrected chi connectivity index (χ1v) is 13.4. The molecule has 0 amide bonds. The van der Waals surface area contributed by atoms with Crippen LogP contribution in [0.1, 0.15) is 29.9 Å². The van der Waals surface area contributed by atoms with E-state index in [0.29, 0.717) is 58.5 Å². The van der Waals surface area contributed by atoms with Crippen LogP contribution in [0.2, 0.25) is 10.2 Å². The predicted molar refractivity (Wildman–Crippen MR) is 151 cm³/mol. The summed E-state index contributed by atoms with van der Waals surface area (Å²) >= 11 is 12.9. The van der Waals surface area contributed by atoms with Gasteiger partial charge in [0.25, 0.3) is 5.56 Å². The molecule has 0 spiro atoms. The lowest BCUT2D eigenvalue weighted by Gasteiger charge is -2.15. The van der Waals surface area contributed by atoms with Gasteiger partial charge in [-0.2, -0.15) is 4.68 Å². The molecule has 7 rings (SSSR count). The van der Waals surface area contributed by atoms with Crippen LogP contribution in [0, 0.1) is 0 Å².